The molecule has 2 fully saturated rings. The Bertz CT molecular complexity index is 1840. The summed E-state index contributed by atoms with van der Waals surface area (Å²) < 4.78 is 36.9. The van der Waals surface area contributed by atoms with E-state index < -0.39 is 23.2 Å². The van der Waals surface area contributed by atoms with Crippen LogP contribution in [0.3, 0.4) is 0 Å². The van der Waals surface area contributed by atoms with E-state index in [0.29, 0.717) is 68.6 Å². The topological polar surface area (TPSA) is 98.9 Å². The number of anilines is 1. The van der Waals surface area contributed by atoms with Crippen LogP contribution in [0.1, 0.15) is 44.2 Å². The molecule has 234 valence electrons. The fourth-order valence-electron chi connectivity index (χ4n) is 6.87. The van der Waals surface area contributed by atoms with Crippen molar-refractivity contribution in [1.29, 1.82) is 5.26 Å². The molecule has 0 bridgehead atoms. The normalized spacial score (nSPS) is 19.5. The summed E-state index contributed by atoms with van der Waals surface area (Å²) in [4.78, 5) is 44.2. The second kappa shape index (κ2) is 12.2. The Morgan fingerprint density at radius 3 is 2.69 bits per heavy atom. The van der Waals surface area contributed by atoms with E-state index in [9.17, 15) is 24.0 Å². The molecule has 3 aliphatic rings. The number of benzene rings is 2. The molecule has 2 aromatic carbocycles. The molecule has 0 saturated carbocycles. The molecule has 45 heavy (non-hydrogen) atoms. The first-order valence-electron chi connectivity index (χ1n) is 15.0. The number of ether oxygens (including phenoxy) is 1. The SMILES string of the molecule is C=CC(=O)N1CCN(c2c(C#N)c(=O)n3c4c(c(-c5ccc(F)cc5F)c(Cl)cc24)OCC3CCCN2CCCC2=O)[C@@H](C)C1. The number of amides is 2. The van der Waals surface area contributed by atoms with Crippen LogP contribution in [0.2, 0.25) is 5.02 Å². The number of nitriles is 1. The minimum atomic E-state index is -0.840. The van der Waals surface area contributed by atoms with Gasteiger partial charge in [0.2, 0.25) is 11.8 Å². The lowest BCUT2D eigenvalue weighted by Gasteiger charge is -2.42. The van der Waals surface area contributed by atoms with Gasteiger partial charge in [0, 0.05) is 67.8 Å². The third kappa shape index (κ3) is 5.31. The van der Waals surface area contributed by atoms with Crippen LogP contribution in [0.25, 0.3) is 22.0 Å². The lowest BCUT2D eigenvalue weighted by Crippen LogP contribution is -2.54. The van der Waals surface area contributed by atoms with Crippen LogP contribution in [0.5, 0.6) is 5.75 Å². The molecule has 0 N–H and O–H groups in total. The Balaban J connectivity index is 1.53. The zero-order valence-corrected chi connectivity index (χ0v) is 25.6. The maximum Gasteiger partial charge on any atom is 0.271 e. The van der Waals surface area contributed by atoms with Gasteiger partial charge in [0.25, 0.3) is 5.56 Å². The zero-order chi connectivity index (χ0) is 32.0. The Kier molecular flexibility index (Phi) is 8.27. The van der Waals surface area contributed by atoms with Crippen molar-refractivity contribution in [2.45, 2.75) is 44.7 Å². The summed E-state index contributed by atoms with van der Waals surface area (Å²) in [5.74, 6) is -1.52. The molecule has 1 unspecified atom stereocenters. The van der Waals surface area contributed by atoms with Gasteiger partial charge >= 0.3 is 0 Å². The molecular weight excluding hydrogens is 604 g/mol. The number of likely N-dealkylation sites (tertiary alicyclic amines) is 1. The second-order valence-corrected chi connectivity index (χ2v) is 12.1. The summed E-state index contributed by atoms with van der Waals surface area (Å²) >= 11 is 6.85. The lowest BCUT2D eigenvalue weighted by atomic mass is 9.96. The molecule has 6 rings (SSSR count). The van der Waals surface area contributed by atoms with Crippen LogP contribution in [-0.4, -0.2) is 71.6 Å². The number of rotatable bonds is 7. The van der Waals surface area contributed by atoms with E-state index in [2.05, 4.69) is 12.6 Å². The van der Waals surface area contributed by atoms with Crippen molar-refractivity contribution in [3.8, 4) is 22.9 Å². The van der Waals surface area contributed by atoms with Crippen molar-refractivity contribution in [2.24, 2.45) is 0 Å². The lowest BCUT2D eigenvalue weighted by molar-refractivity contribution is -0.128. The summed E-state index contributed by atoms with van der Waals surface area (Å²) in [7, 11) is 0. The van der Waals surface area contributed by atoms with Gasteiger partial charge in [-0.05, 0) is 50.5 Å². The van der Waals surface area contributed by atoms with Crippen LogP contribution in [0.4, 0.5) is 14.5 Å². The van der Waals surface area contributed by atoms with Crippen molar-refractivity contribution >= 4 is 40.0 Å². The maximum absolute atomic E-state index is 15.2. The van der Waals surface area contributed by atoms with Gasteiger partial charge in [-0.3, -0.25) is 19.0 Å². The highest BCUT2D eigenvalue weighted by molar-refractivity contribution is 6.35. The van der Waals surface area contributed by atoms with Crippen LogP contribution in [-0.2, 0) is 9.59 Å². The average Bonchev–Trinajstić information content (AvgIpc) is 3.43. The van der Waals surface area contributed by atoms with Crippen LogP contribution >= 0.6 is 11.6 Å². The molecule has 2 amide bonds. The van der Waals surface area contributed by atoms with Gasteiger partial charge in [0.15, 0.2) is 5.75 Å². The second-order valence-electron chi connectivity index (χ2n) is 11.7. The molecule has 0 radical (unpaired) electrons. The molecule has 0 aliphatic carbocycles. The van der Waals surface area contributed by atoms with Crippen molar-refractivity contribution in [3.05, 3.63) is 69.5 Å². The third-order valence-corrected chi connectivity index (χ3v) is 9.31. The molecule has 4 heterocycles. The molecule has 12 heteroatoms. The van der Waals surface area contributed by atoms with E-state index in [1.165, 1.54) is 12.1 Å². The predicted octanol–water partition coefficient (Wildman–Crippen LogP) is 5.03. The van der Waals surface area contributed by atoms with E-state index in [1.807, 2.05) is 16.7 Å². The molecule has 2 saturated heterocycles. The molecule has 2 atom stereocenters. The molecule has 0 spiro atoms. The predicted molar refractivity (Wildman–Crippen MR) is 166 cm³/mol. The van der Waals surface area contributed by atoms with Gasteiger partial charge in [-0.1, -0.05) is 18.2 Å². The average molecular weight is 636 g/mol. The minimum absolute atomic E-state index is 0.0131. The van der Waals surface area contributed by atoms with Gasteiger partial charge < -0.3 is 19.4 Å². The number of halogens is 3. The third-order valence-electron chi connectivity index (χ3n) is 9.01. The van der Waals surface area contributed by atoms with Gasteiger partial charge in [-0.25, -0.2) is 8.78 Å². The largest absolute Gasteiger partial charge is 0.488 e. The Labute approximate surface area is 263 Å². The summed E-state index contributed by atoms with van der Waals surface area (Å²) in [5, 5.41) is 11.0. The van der Waals surface area contributed by atoms with Gasteiger partial charge in [0.05, 0.1) is 22.3 Å². The first-order valence-corrected chi connectivity index (χ1v) is 15.4. The minimum Gasteiger partial charge on any atom is -0.488 e. The van der Waals surface area contributed by atoms with E-state index in [-0.39, 0.29) is 51.9 Å². The highest BCUT2D eigenvalue weighted by Gasteiger charge is 2.36. The molecule has 9 nitrogen and oxygen atoms in total. The van der Waals surface area contributed by atoms with Crippen molar-refractivity contribution in [1.82, 2.24) is 14.4 Å². The van der Waals surface area contributed by atoms with Gasteiger partial charge in [-0.2, -0.15) is 5.26 Å². The fourth-order valence-corrected chi connectivity index (χ4v) is 7.17. The number of aromatic nitrogens is 1. The summed E-state index contributed by atoms with van der Waals surface area (Å²) in [5.41, 5.74) is 0.342. The van der Waals surface area contributed by atoms with Crippen molar-refractivity contribution in [3.63, 3.8) is 0 Å². The number of hydrogen-bond acceptors (Lipinski definition) is 6. The molecule has 3 aliphatic heterocycles. The summed E-state index contributed by atoms with van der Waals surface area (Å²) in [6, 6.07) is 6.16. The highest BCUT2D eigenvalue weighted by Crippen LogP contribution is 2.48. The molecule has 3 aromatic rings. The molecular formula is C33H32ClF2N5O4. The quantitative estimate of drug-likeness (QED) is 0.338. The summed E-state index contributed by atoms with van der Waals surface area (Å²) in [6.07, 6.45) is 3.71. The van der Waals surface area contributed by atoms with Crippen LogP contribution < -0.4 is 15.2 Å². The van der Waals surface area contributed by atoms with Gasteiger partial charge in [-0.15, -0.1) is 0 Å². The number of piperazine rings is 1. The van der Waals surface area contributed by atoms with Crippen LogP contribution in [0.15, 0.2) is 41.7 Å². The Morgan fingerprint density at radius 1 is 1.22 bits per heavy atom. The smallest absolute Gasteiger partial charge is 0.271 e. The highest BCUT2D eigenvalue weighted by atomic mass is 35.5. The van der Waals surface area contributed by atoms with Crippen molar-refractivity contribution < 1.29 is 23.1 Å². The molecule has 1 aromatic heterocycles. The Morgan fingerprint density at radius 2 is 2.02 bits per heavy atom. The standard InChI is InChI=1S/C33H32ClF2N5O4/c1-3-27(42)39-12-13-40(19(2)17-39)30-23-15-25(34)29(22-9-8-20(35)14-26(22)36)32-31(23)41(33(44)24(30)16-37)21(18-45-32)6-4-10-38-11-5-7-28(38)43/h3,8-9,14-15,19,21H,1,4-7,10-13,17-18H2,2H3/t19-,21?/m0/s1. The van der Waals surface area contributed by atoms with Crippen molar-refractivity contribution in [2.75, 3.05) is 44.2 Å². The Hall–Kier alpha value is -4.43. The van der Waals surface area contributed by atoms with E-state index in [0.717, 1.165) is 18.6 Å². The fraction of sp³-hybridized carbons (Fsp3) is 0.394. The summed E-state index contributed by atoms with van der Waals surface area (Å²) in [6.45, 7) is 7.79. The van der Waals surface area contributed by atoms with Crippen LogP contribution in [0, 0.1) is 23.0 Å². The van der Waals surface area contributed by atoms with E-state index >= 15 is 4.39 Å². The number of pyridine rings is 1. The van der Waals surface area contributed by atoms with E-state index in [4.69, 9.17) is 16.3 Å². The first kappa shape index (κ1) is 30.6. The van der Waals surface area contributed by atoms with Gasteiger partial charge in [0.1, 0.15) is 29.9 Å². The maximum atomic E-state index is 15.2. The monoisotopic (exact) mass is 635 g/mol. The number of nitrogens with zero attached hydrogens (tertiary/aromatic N) is 5. The number of hydrogen-bond donors (Lipinski definition) is 0. The number of carbonyl (C=O) groups is 2. The number of carbonyl (C=O) groups excluding carboxylic acids is 2. The first-order chi connectivity index (χ1) is 21.6. The zero-order valence-electron chi connectivity index (χ0n) is 24.8. The van der Waals surface area contributed by atoms with E-state index in [1.54, 1.807) is 15.5 Å².